The van der Waals surface area contributed by atoms with Crippen molar-refractivity contribution in [3.05, 3.63) is 34.2 Å². The fourth-order valence-electron chi connectivity index (χ4n) is 1.74. The molecule has 0 aliphatic heterocycles. The summed E-state index contributed by atoms with van der Waals surface area (Å²) in [5, 5.41) is 18.6. The summed E-state index contributed by atoms with van der Waals surface area (Å²) in [7, 11) is 0. The van der Waals surface area contributed by atoms with Crippen molar-refractivity contribution in [3.8, 4) is 12.1 Å². The molecule has 5 nitrogen and oxygen atoms in total. The summed E-state index contributed by atoms with van der Waals surface area (Å²) in [6, 6.07) is 9.18. The van der Waals surface area contributed by atoms with Crippen molar-refractivity contribution in [2.24, 2.45) is 0 Å². The number of fused-ring (bicyclic) bond motifs is 3. The molecule has 0 N–H and O–H groups in total. The SMILES string of the molecule is N#Cc1nc(C#N)c2oc3ccc(Br)cc3c2n1. The van der Waals surface area contributed by atoms with E-state index in [9.17, 15) is 0 Å². The number of benzene rings is 1. The average molecular weight is 299 g/mol. The van der Waals surface area contributed by atoms with Crippen molar-refractivity contribution in [1.29, 1.82) is 10.5 Å². The summed E-state index contributed by atoms with van der Waals surface area (Å²) in [6.07, 6.45) is 0. The molecule has 0 amide bonds. The second-order valence-corrected chi connectivity index (χ2v) is 4.46. The van der Waals surface area contributed by atoms with Crippen LogP contribution in [0.3, 0.4) is 0 Å². The molecule has 0 bridgehead atoms. The molecule has 0 unspecified atom stereocenters. The quantitative estimate of drug-likeness (QED) is 0.637. The summed E-state index contributed by atoms with van der Waals surface area (Å²) >= 11 is 3.36. The third kappa shape index (κ3) is 1.44. The van der Waals surface area contributed by atoms with E-state index >= 15 is 0 Å². The van der Waals surface area contributed by atoms with E-state index in [1.165, 1.54) is 0 Å². The lowest BCUT2D eigenvalue weighted by molar-refractivity contribution is 0.663. The Morgan fingerprint density at radius 3 is 2.72 bits per heavy atom. The molecule has 0 saturated carbocycles. The lowest BCUT2D eigenvalue weighted by Crippen LogP contribution is -1.92. The zero-order chi connectivity index (χ0) is 12.7. The number of aromatic nitrogens is 2. The van der Waals surface area contributed by atoms with Crippen molar-refractivity contribution in [2.75, 3.05) is 0 Å². The highest BCUT2D eigenvalue weighted by atomic mass is 79.9. The first-order valence-corrected chi connectivity index (χ1v) is 5.72. The molecule has 0 spiro atoms. The molecule has 0 aliphatic carbocycles. The van der Waals surface area contributed by atoms with Crippen LogP contribution in [-0.4, -0.2) is 9.97 Å². The van der Waals surface area contributed by atoms with Crippen LogP contribution >= 0.6 is 15.9 Å². The van der Waals surface area contributed by atoms with Gasteiger partial charge in [0, 0.05) is 9.86 Å². The minimum Gasteiger partial charge on any atom is -0.451 e. The van der Waals surface area contributed by atoms with Gasteiger partial charge in [-0.05, 0) is 18.2 Å². The standard InChI is InChI=1S/C12H3BrN4O/c13-6-1-2-9-7(3-6)11-12(18-9)8(4-14)16-10(5-15)17-11/h1-3H. The molecule has 0 saturated heterocycles. The number of halogens is 1. The number of rotatable bonds is 0. The van der Waals surface area contributed by atoms with Crippen LogP contribution in [0.4, 0.5) is 0 Å². The van der Waals surface area contributed by atoms with E-state index in [-0.39, 0.29) is 11.5 Å². The van der Waals surface area contributed by atoms with Crippen molar-refractivity contribution < 1.29 is 4.42 Å². The zero-order valence-corrected chi connectivity index (χ0v) is 10.4. The van der Waals surface area contributed by atoms with E-state index in [4.69, 9.17) is 14.9 Å². The van der Waals surface area contributed by atoms with Crippen LogP contribution in [0.1, 0.15) is 11.5 Å². The fraction of sp³-hybridized carbons (Fsp3) is 0. The van der Waals surface area contributed by atoms with Crippen LogP contribution in [0.25, 0.3) is 22.1 Å². The Labute approximate surface area is 109 Å². The summed E-state index contributed by atoms with van der Waals surface area (Å²) in [4.78, 5) is 7.91. The predicted octanol–water partition coefficient (Wildman–Crippen LogP) is 2.88. The first-order valence-electron chi connectivity index (χ1n) is 4.93. The lowest BCUT2D eigenvalue weighted by atomic mass is 10.2. The van der Waals surface area contributed by atoms with Crippen LogP contribution in [0, 0.1) is 22.7 Å². The second kappa shape index (κ2) is 3.80. The van der Waals surface area contributed by atoms with Gasteiger partial charge in [-0.15, -0.1) is 0 Å². The minimum atomic E-state index is -0.0401. The maximum atomic E-state index is 9.02. The zero-order valence-electron chi connectivity index (χ0n) is 8.81. The van der Waals surface area contributed by atoms with E-state index < -0.39 is 0 Å². The molecular formula is C12H3BrN4O. The molecule has 2 heterocycles. The molecule has 3 rings (SSSR count). The van der Waals surface area contributed by atoms with Gasteiger partial charge in [0.2, 0.25) is 5.82 Å². The third-order valence-electron chi connectivity index (χ3n) is 2.48. The Kier molecular flexibility index (Phi) is 2.26. The van der Waals surface area contributed by atoms with Gasteiger partial charge in [-0.25, -0.2) is 9.97 Å². The smallest absolute Gasteiger partial charge is 0.234 e. The van der Waals surface area contributed by atoms with Gasteiger partial charge in [-0.1, -0.05) is 15.9 Å². The Balaban J connectivity index is 2.57. The first kappa shape index (κ1) is 10.7. The van der Waals surface area contributed by atoms with Crippen LogP contribution in [-0.2, 0) is 0 Å². The molecule has 1 aromatic carbocycles. The monoisotopic (exact) mass is 298 g/mol. The highest BCUT2D eigenvalue weighted by Gasteiger charge is 2.15. The predicted molar refractivity (Wildman–Crippen MR) is 66.4 cm³/mol. The molecule has 18 heavy (non-hydrogen) atoms. The van der Waals surface area contributed by atoms with E-state index in [2.05, 4.69) is 25.9 Å². The number of nitriles is 2. The van der Waals surface area contributed by atoms with E-state index in [1.807, 2.05) is 24.3 Å². The van der Waals surface area contributed by atoms with E-state index in [0.29, 0.717) is 16.7 Å². The average Bonchev–Trinajstić information content (AvgIpc) is 2.75. The van der Waals surface area contributed by atoms with Crippen molar-refractivity contribution in [1.82, 2.24) is 9.97 Å². The first-order chi connectivity index (χ1) is 8.72. The fourth-order valence-corrected chi connectivity index (χ4v) is 2.10. The molecule has 0 fully saturated rings. The molecule has 6 heteroatoms. The Morgan fingerprint density at radius 2 is 2.00 bits per heavy atom. The van der Waals surface area contributed by atoms with Crippen LogP contribution < -0.4 is 0 Å². The van der Waals surface area contributed by atoms with Crippen molar-refractivity contribution in [2.45, 2.75) is 0 Å². The molecule has 84 valence electrons. The summed E-state index contributed by atoms with van der Waals surface area (Å²) < 4.78 is 6.42. The van der Waals surface area contributed by atoms with Crippen molar-refractivity contribution in [3.63, 3.8) is 0 Å². The molecule has 0 atom stereocenters. The van der Waals surface area contributed by atoms with E-state index in [0.717, 1.165) is 9.86 Å². The maximum absolute atomic E-state index is 9.02. The highest BCUT2D eigenvalue weighted by Crippen LogP contribution is 2.30. The van der Waals surface area contributed by atoms with Gasteiger partial charge in [0.15, 0.2) is 11.3 Å². The van der Waals surface area contributed by atoms with Gasteiger partial charge in [-0.2, -0.15) is 10.5 Å². The van der Waals surface area contributed by atoms with Gasteiger partial charge in [-0.3, -0.25) is 0 Å². The summed E-state index contributed by atoms with van der Waals surface area (Å²) in [5.41, 5.74) is 1.47. The normalized spacial score (nSPS) is 10.4. The maximum Gasteiger partial charge on any atom is 0.234 e. The number of nitrogens with zero attached hydrogens (tertiary/aromatic N) is 4. The number of furan rings is 1. The van der Waals surface area contributed by atoms with Gasteiger partial charge >= 0.3 is 0 Å². The largest absolute Gasteiger partial charge is 0.451 e. The topological polar surface area (TPSA) is 86.5 Å². The van der Waals surface area contributed by atoms with Gasteiger partial charge in [0.1, 0.15) is 23.2 Å². The second-order valence-electron chi connectivity index (χ2n) is 3.54. The van der Waals surface area contributed by atoms with Gasteiger partial charge in [0.25, 0.3) is 0 Å². The number of hydrogen-bond acceptors (Lipinski definition) is 5. The molecular weight excluding hydrogens is 296 g/mol. The number of hydrogen-bond donors (Lipinski definition) is 0. The Morgan fingerprint density at radius 1 is 1.17 bits per heavy atom. The van der Waals surface area contributed by atoms with Crippen LogP contribution in [0.15, 0.2) is 27.1 Å². The van der Waals surface area contributed by atoms with E-state index in [1.54, 1.807) is 6.07 Å². The summed E-state index contributed by atoms with van der Waals surface area (Å²) in [6.45, 7) is 0. The lowest BCUT2D eigenvalue weighted by Gasteiger charge is -1.92. The Bertz CT molecular complexity index is 870. The minimum absolute atomic E-state index is 0.0401. The molecule has 3 aromatic rings. The summed E-state index contributed by atoms with van der Waals surface area (Å²) in [5.74, 6) is -0.0401. The Hall–Kier alpha value is -2.44. The van der Waals surface area contributed by atoms with Gasteiger partial charge < -0.3 is 4.42 Å². The molecule has 0 radical (unpaired) electrons. The third-order valence-corrected chi connectivity index (χ3v) is 2.97. The van der Waals surface area contributed by atoms with Gasteiger partial charge in [0.05, 0.1) is 0 Å². The van der Waals surface area contributed by atoms with Crippen LogP contribution in [0.5, 0.6) is 0 Å². The van der Waals surface area contributed by atoms with Crippen LogP contribution in [0.2, 0.25) is 0 Å². The van der Waals surface area contributed by atoms with Crippen molar-refractivity contribution >= 4 is 38.0 Å². The highest BCUT2D eigenvalue weighted by molar-refractivity contribution is 9.10. The molecule has 2 aromatic heterocycles. The molecule has 0 aliphatic rings.